The van der Waals surface area contributed by atoms with E-state index in [-0.39, 0.29) is 25.1 Å². The molecule has 1 aliphatic rings. The highest BCUT2D eigenvalue weighted by molar-refractivity contribution is 5.95. The van der Waals surface area contributed by atoms with Crippen molar-refractivity contribution >= 4 is 11.5 Å². The molecule has 0 radical (unpaired) electrons. The van der Waals surface area contributed by atoms with Crippen LogP contribution in [0, 0.1) is 5.41 Å². The van der Waals surface area contributed by atoms with Gasteiger partial charge < -0.3 is 30.4 Å². The van der Waals surface area contributed by atoms with Crippen molar-refractivity contribution in [3.05, 3.63) is 53.2 Å². The van der Waals surface area contributed by atoms with Gasteiger partial charge in [0.1, 0.15) is 30.0 Å². The van der Waals surface area contributed by atoms with Gasteiger partial charge in [0, 0.05) is 17.7 Å². The van der Waals surface area contributed by atoms with Gasteiger partial charge in [-0.15, -0.1) is 0 Å². The Labute approximate surface area is 154 Å². The number of nitrogens with one attached hydrogen (secondary N) is 2. The van der Waals surface area contributed by atoms with Crippen LogP contribution >= 0.6 is 0 Å². The molecule has 1 aliphatic carbocycles. The standard InChI is InChI=1S/C19H27N3O4/c1-3-24-16-10-9-15(26-12-11-23)17(18(16)25-4-2)22-14-7-5-13(6-8-14)19(20)21/h5-9,17,22-23H,3-4,10-12H2,1-2H3,(H3,20,21). The van der Waals surface area contributed by atoms with Crippen LogP contribution in [0.3, 0.4) is 0 Å². The molecule has 0 fully saturated rings. The van der Waals surface area contributed by atoms with Crippen LogP contribution in [0.2, 0.25) is 0 Å². The van der Waals surface area contributed by atoms with Crippen LogP contribution in [-0.4, -0.2) is 43.4 Å². The molecule has 0 spiro atoms. The lowest BCUT2D eigenvalue weighted by Gasteiger charge is -2.30. The summed E-state index contributed by atoms with van der Waals surface area (Å²) in [5.41, 5.74) is 6.99. The van der Waals surface area contributed by atoms with Crippen LogP contribution in [0.25, 0.3) is 0 Å². The molecule has 26 heavy (non-hydrogen) atoms. The van der Waals surface area contributed by atoms with E-state index in [2.05, 4.69) is 5.32 Å². The first-order chi connectivity index (χ1) is 12.6. The maximum absolute atomic E-state index is 9.09. The summed E-state index contributed by atoms with van der Waals surface area (Å²) in [5, 5.41) is 20.0. The molecular formula is C19H27N3O4. The number of benzene rings is 1. The average Bonchev–Trinajstić information content (AvgIpc) is 2.64. The summed E-state index contributed by atoms with van der Waals surface area (Å²) in [6.07, 6.45) is 2.51. The number of ether oxygens (including phenoxy) is 3. The van der Waals surface area contributed by atoms with Crippen LogP contribution in [0.5, 0.6) is 0 Å². The third-order valence-electron chi connectivity index (χ3n) is 3.80. The number of hydrogen-bond donors (Lipinski definition) is 4. The zero-order valence-corrected chi connectivity index (χ0v) is 15.2. The number of amidine groups is 1. The molecule has 7 nitrogen and oxygen atoms in total. The van der Waals surface area contributed by atoms with Gasteiger partial charge >= 0.3 is 0 Å². The first-order valence-electron chi connectivity index (χ1n) is 8.74. The Morgan fingerprint density at radius 1 is 1.19 bits per heavy atom. The van der Waals surface area contributed by atoms with Crippen LogP contribution in [-0.2, 0) is 14.2 Å². The minimum absolute atomic E-state index is 0.0228. The third-order valence-corrected chi connectivity index (χ3v) is 3.80. The molecule has 0 aliphatic heterocycles. The molecule has 0 saturated carbocycles. The Morgan fingerprint density at radius 3 is 2.46 bits per heavy atom. The van der Waals surface area contributed by atoms with E-state index >= 15 is 0 Å². The van der Waals surface area contributed by atoms with Crippen LogP contribution < -0.4 is 11.1 Å². The highest BCUT2D eigenvalue weighted by Crippen LogP contribution is 2.30. The van der Waals surface area contributed by atoms with E-state index in [1.807, 2.05) is 32.1 Å². The van der Waals surface area contributed by atoms with Crippen molar-refractivity contribution < 1.29 is 19.3 Å². The van der Waals surface area contributed by atoms with Crippen LogP contribution in [0.15, 0.2) is 47.6 Å². The number of aliphatic hydroxyl groups is 1. The van der Waals surface area contributed by atoms with E-state index in [0.717, 1.165) is 11.4 Å². The lowest BCUT2D eigenvalue weighted by molar-refractivity contribution is 0.110. The molecule has 7 heteroatoms. The molecule has 0 bridgehead atoms. The maximum atomic E-state index is 9.09. The predicted molar refractivity (Wildman–Crippen MR) is 101 cm³/mol. The molecule has 0 aromatic heterocycles. The predicted octanol–water partition coefficient (Wildman–Crippen LogP) is 2.33. The van der Waals surface area contributed by atoms with Gasteiger partial charge in [0.05, 0.1) is 19.8 Å². The molecule has 5 N–H and O–H groups in total. The van der Waals surface area contributed by atoms with Gasteiger partial charge in [0.25, 0.3) is 0 Å². The van der Waals surface area contributed by atoms with Crippen molar-refractivity contribution in [1.82, 2.24) is 0 Å². The Bertz CT molecular complexity index is 668. The third kappa shape index (κ3) is 4.92. The van der Waals surface area contributed by atoms with Crippen molar-refractivity contribution in [2.75, 3.05) is 31.7 Å². The summed E-state index contributed by atoms with van der Waals surface area (Å²) in [4.78, 5) is 0. The summed E-state index contributed by atoms with van der Waals surface area (Å²) >= 11 is 0. The molecule has 142 valence electrons. The molecular weight excluding hydrogens is 334 g/mol. The molecule has 0 saturated heterocycles. The maximum Gasteiger partial charge on any atom is 0.164 e. The number of hydrogen-bond acceptors (Lipinski definition) is 6. The summed E-state index contributed by atoms with van der Waals surface area (Å²) in [5.74, 6) is 2.15. The van der Waals surface area contributed by atoms with Crippen LogP contribution in [0.4, 0.5) is 5.69 Å². The average molecular weight is 361 g/mol. The number of anilines is 1. The van der Waals surface area contributed by atoms with Gasteiger partial charge in [0.15, 0.2) is 5.76 Å². The molecule has 1 atom stereocenters. The van der Waals surface area contributed by atoms with E-state index in [1.54, 1.807) is 12.1 Å². The van der Waals surface area contributed by atoms with Crippen molar-refractivity contribution in [3.8, 4) is 0 Å². The quantitative estimate of drug-likeness (QED) is 0.376. The van der Waals surface area contributed by atoms with Gasteiger partial charge in [-0.25, -0.2) is 0 Å². The summed E-state index contributed by atoms with van der Waals surface area (Å²) in [6, 6.07) is 6.88. The lowest BCUT2D eigenvalue weighted by Crippen LogP contribution is -2.31. The number of nitrogen functional groups attached to an aromatic ring is 1. The van der Waals surface area contributed by atoms with E-state index in [4.69, 9.17) is 30.5 Å². The fourth-order valence-corrected chi connectivity index (χ4v) is 2.68. The Balaban J connectivity index is 2.29. The van der Waals surface area contributed by atoms with Crippen LogP contribution in [0.1, 0.15) is 25.8 Å². The molecule has 0 heterocycles. The lowest BCUT2D eigenvalue weighted by atomic mass is 10.0. The molecule has 1 unspecified atom stereocenters. The topological polar surface area (TPSA) is 110 Å². The molecule has 2 rings (SSSR count). The number of nitrogens with two attached hydrogens (primary N) is 1. The summed E-state index contributed by atoms with van der Waals surface area (Å²) in [6.45, 7) is 5.04. The van der Waals surface area contributed by atoms with Crippen molar-refractivity contribution in [2.45, 2.75) is 26.3 Å². The highest BCUT2D eigenvalue weighted by Gasteiger charge is 2.30. The van der Waals surface area contributed by atoms with Gasteiger partial charge in [-0.3, -0.25) is 5.41 Å². The monoisotopic (exact) mass is 361 g/mol. The second-order valence-corrected chi connectivity index (χ2v) is 5.60. The van der Waals surface area contributed by atoms with E-state index in [0.29, 0.717) is 36.7 Å². The van der Waals surface area contributed by atoms with Crippen molar-refractivity contribution in [1.29, 1.82) is 5.41 Å². The van der Waals surface area contributed by atoms with Gasteiger partial charge in [-0.05, 0) is 44.2 Å². The second kappa shape index (κ2) is 9.72. The van der Waals surface area contributed by atoms with E-state index < -0.39 is 0 Å². The Morgan fingerprint density at radius 2 is 1.88 bits per heavy atom. The fraction of sp³-hybridized carbons (Fsp3) is 0.421. The number of allylic oxidation sites excluding steroid dienone is 1. The molecule has 0 amide bonds. The first-order valence-corrected chi connectivity index (χ1v) is 8.74. The van der Waals surface area contributed by atoms with Gasteiger partial charge in [-0.1, -0.05) is 0 Å². The summed E-state index contributed by atoms with van der Waals surface area (Å²) in [7, 11) is 0. The second-order valence-electron chi connectivity index (χ2n) is 5.60. The fourth-order valence-electron chi connectivity index (χ4n) is 2.68. The van der Waals surface area contributed by atoms with Gasteiger partial charge in [-0.2, -0.15) is 0 Å². The Kier molecular flexibility index (Phi) is 7.35. The minimum Gasteiger partial charge on any atom is -0.494 e. The zero-order valence-electron chi connectivity index (χ0n) is 15.2. The van der Waals surface area contributed by atoms with E-state index in [1.165, 1.54) is 0 Å². The van der Waals surface area contributed by atoms with Crippen molar-refractivity contribution in [3.63, 3.8) is 0 Å². The van der Waals surface area contributed by atoms with Gasteiger partial charge in [0.2, 0.25) is 0 Å². The SMILES string of the molecule is CCOC1=C(OCC)C(Nc2ccc(C(=N)N)cc2)C(OCCO)=CC1. The first kappa shape index (κ1) is 19.7. The molecule has 1 aromatic carbocycles. The number of rotatable bonds is 10. The Hall–Kier alpha value is -2.67. The van der Waals surface area contributed by atoms with E-state index in [9.17, 15) is 0 Å². The van der Waals surface area contributed by atoms with Crippen molar-refractivity contribution in [2.24, 2.45) is 5.73 Å². The summed E-state index contributed by atoms with van der Waals surface area (Å²) < 4.78 is 17.3. The largest absolute Gasteiger partial charge is 0.494 e. The molecule has 1 aromatic rings. The zero-order chi connectivity index (χ0) is 18.9. The highest BCUT2D eigenvalue weighted by atomic mass is 16.5. The minimum atomic E-state index is -0.361. The smallest absolute Gasteiger partial charge is 0.164 e. The number of aliphatic hydroxyl groups excluding tert-OH is 1. The normalized spacial score (nSPS) is 16.7.